The number of aliphatic carboxylic acids is 5. The molecule has 0 rings (SSSR count). The van der Waals surface area contributed by atoms with E-state index in [1.807, 2.05) is 0 Å². The van der Waals surface area contributed by atoms with Gasteiger partial charge in [0.1, 0.15) is 0 Å². The second-order valence-electron chi connectivity index (χ2n) is 5.00. The van der Waals surface area contributed by atoms with Crippen LogP contribution >= 0.6 is 0 Å². The Kier molecular flexibility index (Phi) is 14.2. The van der Waals surface area contributed by atoms with Gasteiger partial charge in [0.25, 0.3) is 0 Å². The maximum atomic E-state index is 11.7. The fourth-order valence-electron chi connectivity index (χ4n) is 1.77. The molecule has 27 heavy (non-hydrogen) atoms. The molecule has 0 saturated carbocycles. The van der Waals surface area contributed by atoms with E-state index in [2.05, 4.69) is 4.74 Å². The number of rotatable bonds is 11. The van der Waals surface area contributed by atoms with Crippen molar-refractivity contribution in [3.05, 3.63) is 0 Å². The van der Waals surface area contributed by atoms with E-state index in [4.69, 9.17) is 25.5 Å². The SMILES string of the molecule is O=C(O)CC(O)(CC(=O)OC(CC(=O)O)(CC(=O)O)C(=O)O)C(=O)O.[KH].[Zn]. The first kappa shape index (κ1) is 30.8. The number of carbonyl (C=O) groups is 6. The van der Waals surface area contributed by atoms with Gasteiger partial charge in [-0.15, -0.1) is 0 Å². The molecule has 6 N–H and O–H groups in total. The summed E-state index contributed by atoms with van der Waals surface area (Å²) < 4.78 is 4.33. The molecular weight excluding hydrogens is 457 g/mol. The summed E-state index contributed by atoms with van der Waals surface area (Å²) in [6.45, 7) is 0. The Balaban J connectivity index is -0.00000288. The molecule has 15 heteroatoms. The molecule has 0 fully saturated rings. The van der Waals surface area contributed by atoms with Gasteiger partial charge in [-0.25, -0.2) is 9.59 Å². The number of ether oxygens (including phenoxy) is 1. The monoisotopic (exact) mass is 470 g/mol. The van der Waals surface area contributed by atoms with E-state index in [1.54, 1.807) is 0 Å². The Hall–Kier alpha value is -0.960. The number of hydrogen-bond acceptors (Lipinski definition) is 8. The maximum absolute atomic E-state index is 11.7. The predicted octanol–water partition coefficient (Wildman–Crippen LogP) is -2.67. The zero-order valence-corrected chi connectivity index (χ0v) is 16.0. The van der Waals surface area contributed by atoms with Crippen LogP contribution in [0.25, 0.3) is 0 Å². The van der Waals surface area contributed by atoms with Crippen molar-refractivity contribution in [1.82, 2.24) is 0 Å². The van der Waals surface area contributed by atoms with Crippen LogP contribution in [0.5, 0.6) is 0 Å². The summed E-state index contributed by atoms with van der Waals surface area (Å²) >= 11 is 0. The quantitative estimate of drug-likeness (QED) is 0.133. The summed E-state index contributed by atoms with van der Waals surface area (Å²) in [6, 6.07) is 0. The van der Waals surface area contributed by atoms with Crippen LogP contribution in [-0.4, -0.2) is 129 Å². The van der Waals surface area contributed by atoms with E-state index in [0.717, 1.165) is 0 Å². The number of carboxylic acids is 5. The molecule has 13 nitrogen and oxygen atoms in total. The minimum absolute atomic E-state index is 0. The molecule has 144 valence electrons. The van der Waals surface area contributed by atoms with Crippen LogP contribution in [0.2, 0.25) is 0 Å². The summed E-state index contributed by atoms with van der Waals surface area (Å²) in [5, 5.41) is 53.5. The van der Waals surface area contributed by atoms with Crippen molar-refractivity contribution in [3.8, 4) is 0 Å². The summed E-state index contributed by atoms with van der Waals surface area (Å²) in [6.07, 6.45) is -5.94. The number of aliphatic hydroxyl groups is 1. The standard InChI is InChI=1S/C12H14O13.K.Zn.H/c13-5(14)1-11(24,9(20)21)4-8(19)25-12(10(22)23,2-6(15)16)3-7(17)18;;;/h24H,1-4H2,(H,13,14)(H,15,16)(H,17,18)(H,20,21)(H,22,23);;;. The predicted molar refractivity (Wildman–Crippen MR) is 77.6 cm³/mol. The second-order valence-corrected chi connectivity index (χ2v) is 5.00. The van der Waals surface area contributed by atoms with Crippen molar-refractivity contribution in [1.29, 1.82) is 0 Å². The smallest absolute Gasteiger partial charge is 0 e. The van der Waals surface area contributed by atoms with Gasteiger partial charge in [-0.3, -0.25) is 19.2 Å². The van der Waals surface area contributed by atoms with Crippen molar-refractivity contribution >= 4 is 87.2 Å². The third-order valence-corrected chi connectivity index (χ3v) is 2.85. The van der Waals surface area contributed by atoms with Crippen molar-refractivity contribution in [2.24, 2.45) is 0 Å². The van der Waals surface area contributed by atoms with Gasteiger partial charge in [0, 0.05) is 19.5 Å². The van der Waals surface area contributed by atoms with E-state index in [9.17, 15) is 33.9 Å². The van der Waals surface area contributed by atoms with Gasteiger partial charge < -0.3 is 35.4 Å². The molecule has 0 aromatic heterocycles. The number of carbonyl (C=O) groups excluding carboxylic acids is 1. The molecule has 0 spiro atoms. The van der Waals surface area contributed by atoms with E-state index in [0.29, 0.717) is 0 Å². The van der Waals surface area contributed by atoms with Gasteiger partial charge in [-0.1, -0.05) is 0 Å². The first-order chi connectivity index (χ1) is 11.2. The molecule has 0 heterocycles. The molecule has 1 unspecified atom stereocenters. The Bertz CT molecular complexity index is 602. The minimum Gasteiger partial charge on any atom is 0 e. The fourth-order valence-corrected chi connectivity index (χ4v) is 1.77. The van der Waals surface area contributed by atoms with E-state index >= 15 is 0 Å². The zero-order chi connectivity index (χ0) is 20.0. The second kappa shape index (κ2) is 12.5. The van der Waals surface area contributed by atoms with E-state index < -0.39 is 72.7 Å². The van der Waals surface area contributed by atoms with Crippen molar-refractivity contribution < 1.29 is 83.6 Å². The summed E-state index contributed by atoms with van der Waals surface area (Å²) in [5.74, 6) is -11.6. The van der Waals surface area contributed by atoms with E-state index in [-0.39, 0.29) is 70.9 Å². The van der Waals surface area contributed by atoms with Crippen LogP contribution in [0, 0.1) is 0 Å². The molecule has 0 aliphatic rings. The van der Waals surface area contributed by atoms with Crippen LogP contribution < -0.4 is 0 Å². The minimum atomic E-state index is -3.17. The average Bonchev–Trinajstić information content (AvgIpc) is 2.34. The van der Waals surface area contributed by atoms with Crippen molar-refractivity contribution in [2.45, 2.75) is 36.9 Å². The molecule has 0 radical (unpaired) electrons. The Morgan fingerprint density at radius 3 is 1.30 bits per heavy atom. The largest absolute Gasteiger partial charge is 0 e. The topological polar surface area (TPSA) is 233 Å². The van der Waals surface area contributed by atoms with Crippen LogP contribution in [0.1, 0.15) is 25.7 Å². The molecule has 0 aromatic rings. The average molecular weight is 472 g/mol. The van der Waals surface area contributed by atoms with Gasteiger partial charge in [-0.05, 0) is 0 Å². The first-order valence-corrected chi connectivity index (χ1v) is 6.30. The van der Waals surface area contributed by atoms with Crippen molar-refractivity contribution in [2.75, 3.05) is 0 Å². The molecular formula is C12H15KO13Zn. The molecule has 0 saturated heterocycles. The van der Waals surface area contributed by atoms with Crippen LogP contribution in [-0.2, 0) is 53.0 Å². The van der Waals surface area contributed by atoms with Crippen LogP contribution in [0.3, 0.4) is 0 Å². The normalized spacial score (nSPS) is 12.3. The Morgan fingerprint density at radius 2 is 1.04 bits per heavy atom. The summed E-state index contributed by atoms with van der Waals surface area (Å²) in [7, 11) is 0. The molecule has 0 aliphatic carbocycles. The number of esters is 1. The number of hydrogen-bond donors (Lipinski definition) is 6. The molecule has 0 bridgehead atoms. The third kappa shape index (κ3) is 10.2. The number of carboxylic acid groups (broad SMARTS) is 5. The van der Waals surface area contributed by atoms with Crippen molar-refractivity contribution in [3.63, 3.8) is 0 Å². The Morgan fingerprint density at radius 1 is 0.667 bits per heavy atom. The van der Waals surface area contributed by atoms with Crippen LogP contribution in [0.4, 0.5) is 0 Å². The molecule has 0 aromatic carbocycles. The van der Waals surface area contributed by atoms with Gasteiger partial charge in [0.05, 0.1) is 25.7 Å². The van der Waals surface area contributed by atoms with Gasteiger partial charge >= 0.3 is 87.2 Å². The van der Waals surface area contributed by atoms with Gasteiger partial charge in [0.2, 0.25) is 5.60 Å². The fraction of sp³-hybridized carbons (Fsp3) is 0.500. The first-order valence-electron chi connectivity index (χ1n) is 6.30. The molecule has 0 amide bonds. The Labute approximate surface area is 205 Å². The maximum Gasteiger partial charge on any atom is 0 e. The van der Waals surface area contributed by atoms with Gasteiger partial charge in [-0.2, -0.15) is 0 Å². The molecule has 0 aliphatic heterocycles. The third-order valence-electron chi connectivity index (χ3n) is 2.85. The zero-order valence-electron chi connectivity index (χ0n) is 13.1. The van der Waals surface area contributed by atoms with Gasteiger partial charge in [0.15, 0.2) is 5.60 Å². The van der Waals surface area contributed by atoms with E-state index in [1.165, 1.54) is 0 Å². The molecule has 1 atom stereocenters. The summed E-state index contributed by atoms with van der Waals surface area (Å²) in [4.78, 5) is 66.0. The van der Waals surface area contributed by atoms with Crippen LogP contribution in [0.15, 0.2) is 0 Å². The summed E-state index contributed by atoms with van der Waals surface area (Å²) in [5.41, 5.74) is -6.24.